The lowest BCUT2D eigenvalue weighted by atomic mass is 9.79. The molecule has 1 aliphatic heterocycles. The Labute approximate surface area is 212 Å². The summed E-state index contributed by atoms with van der Waals surface area (Å²) in [5.74, 6) is 0. The zero-order valence-corrected chi connectivity index (χ0v) is 22.6. The summed E-state index contributed by atoms with van der Waals surface area (Å²) < 4.78 is 6.06. The number of fused-ring (bicyclic) bond motifs is 1. The number of aromatic nitrogens is 2. The van der Waals surface area contributed by atoms with Gasteiger partial charge in [0.15, 0.2) is 0 Å². The van der Waals surface area contributed by atoms with Gasteiger partial charge in [-0.15, -0.1) is 0 Å². The maximum absolute atomic E-state index is 6.06. The molecule has 0 amide bonds. The van der Waals surface area contributed by atoms with Gasteiger partial charge in [-0.25, -0.2) is 0 Å². The number of nitrogens with zero attached hydrogens (tertiary/aromatic N) is 2. The van der Waals surface area contributed by atoms with Crippen molar-refractivity contribution in [3.8, 4) is 0 Å². The number of rotatable bonds is 10. The van der Waals surface area contributed by atoms with Crippen molar-refractivity contribution in [2.75, 3.05) is 13.2 Å². The van der Waals surface area contributed by atoms with Crippen LogP contribution in [0.5, 0.6) is 0 Å². The number of benzene rings is 2. The fourth-order valence-electron chi connectivity index (χ4n) is 6.41. The van der Waals surface area contributed by atoms with Crippen molar-refractivity contribution < 1.29 is 4.74 Å². The molecular formula is C31H43N3O. The molecule has 4 rings (SSSR count). The SMILES string of the molecule is CCCc1c(CC)c(C)c(C(c2cn[nH]c2)N2Cc3ccccc3CC2COCC)c(C)c1CC. The van der Waals surface area contributed by atoms with Crippen LogP contribution in [0.25, 0.3) is 0 Å². The molecule has 1 aliphatic rings. The van der Waals surface area contributed by atoms with Crippen molar-refractivity contribution in [2.45, 2.75) is 92.3 Å². The van der Waals surface area contributed by atoms with Crippen LogP contribution >= 0.6 is 0 Å². The van der Waals surface area contributed by atoms with E-state index < -0.39 is 0 Å². The summed E-state index contributed by atoms with van der Waals surface area (Å²) in [6, 6.07) is 9.38. The second-order valence-electron chi connectivity index (χ2n) is 9.95. The van der Waals surface area contributed by atoms with Gasteiger partial charge in [0, 0.05) is 31.0 Å². The Morgan fingerprint density at radius 1 is 1.00 bits per heavy atom. The first kappa shape index (κ1) is 25.7. The van der Waals surface area contributed by atoms with Crippen molar-refractivity contribution in [1.82, 2.24) is 15.1 Å². The van der Waals surface area contributed by atoms with Crippen LogP contribution in [-0.2, 0) is 37.0 Å². The predicted octanol–water partition coefficient (Wildman–Crippen LogP) is 6.66. The van der Waals surface area contributed by atoms with Gasteiger partial charge in [-0.1, -0.05) is 51.5 Å². The van der Waals surface area contributed by atoms with Gasteiger partial charge in [0.05, 0.1) is 18.8 Å². The van der Waals surface area contributed by atoms with Crippen LogP contribution in [0.4, 0.5) is 0 Å². The minimum Gasteiger partial charge on any atom is -0.380 e. The number of ether oxygens (including phenoxy) is 1. The van der Waals surface area contributed by atoms with Gasteiger partial charge in [0.2, 0.25) is 0 Å². The van der Waals surface area contributed by atoms with Gasteiger partial charge in [-0.05, 0) is 91.0 Å². The van der Waals surface area contributed by atoms with Crippen molar-refractivity contribution >= 4 is 0 Å². The summed E-state index contributed by atoms with van der Waals surface area (Å²) in [6.45, 7) is 16.2. The van der Waals surface area contributed by atoms with Gasteiger partial charge >= 0.3 is 0 Å². The molecule has 0 radical (unpaired) electrons. The fourth-order valence-corrected chi connectivity index (χ4v) is 6.41. The first-order valence-electron chi connectivity index (χ1n) is 13.6. The zero-order chi connectivity index (χ0) is 24.9. The van der Waals surface area contributed by atoms with E-state index in [9.17, 15) is 0 Å². The Bertz CT molecular complexity index is 1090. The van der Waals surface area contributed by atoms with E-state index in [1.165, 1.54) is 39.8 Å². The molecular weight excluding hydrogens is 430 g/mol. The van der Waals surface area contributed by atoms with Crippen LogP contribution in [-0.4, -0.2) is 34.4 Å². The number of hydrogen-bond donors (Lipinski definition) is 1. The third-order valence-corrected chi connectivity index (χ3v) is 8.00. The highest BCUT2D eigenvalue weighted by atomic mass is 16.5. The molecule has 2 aromatic carbocycles. The number of nitrogens with one attached hydrogen (secondary N) is 1. The van der Waals surface area contributed by atoms with Crippen molar-refractivity contribution in [3.63, 3.8) is 0 Å². The molecule has 0 bridgehead atoms. The molecule has 4 heteroatoms. The molecule has 4 nitrogen and oxygen atoms in total. The maximum atomic E-state index is 6.06. The predicted molar refractivity (Wildman–Crippen MR) is 145 cm³/mol. The molecule has 35 heavy (non-hydrogen) atoms. The van der Waals surface area contributed by atoms with E-state index in [4.69, 9.17) is 4.74 Å². The first-order valence-corrected chi connectivity index (χ1v) is 13.6. The average molecular weight is 474 g/mol. The Balaban J connectivity index is 1.93. The molecule has 0 fully saturated rings. The van der Waals surface area contributed by atoms with Crippen LogP contribution in [0.3, 0.4) is 0 Å². The Morgan fingerprint density at radius 3 is 2.26 bits per heavy atom. The van der Waals surface area contributed by atoms with E-state index in [-0.39, 0.29) is 6.04 Å². The fraction of sp³-hybridized carbons (Fsp3) is 0.516. The summed E-state index contributed by atoms with van der Waals surface area (Å²) in [5, 5.41) is 7.52. The molecule has 0 aliphatic carbocycles. The molecule has 0 spiro atoms. The van der Waals surface area contributed by atoms with Crippen LogP contribution < -0.4 is 0 Å². The number of hydrogen-bond acceptors (Lipinski definition) is 3. The van der Waals surface area contributed by atoms with Gasteiger partial charge in [-0.3, -0.25) is 10.00 Å². The minimum absolute atomic E-state index is 0.138. The third kappa shape index (κ3) is 4.96. The highest BCUT2D eigenvalue weighted by Crippen LogP contribution is 2.42. The average Bonchev–Trinajstić information content (AvgIpc) is 3.40. The normalized spacial score (nSPS) is 16.9. The quantitative estimate of drug-likeness (QED) is 0.358. The van der Waals surface area contributed by atoms with E-state index >= 15 is 0 Å². The largest absolute Gasteiger partial charge is 0.380 e. The summed E-state index contributed by atoms with van der Waals surface area (Å²) in [5.41, 5.74) is 13.2. The van der Waals surface area contributed by atoms with Gasteiger partial charge in [0.25, 0.3) is 0 Å². The lowest BCUT2D eigenvalue weighted by Gasteiger charge is -2.43. The highest BCUT2D eigenvalue weighted by Gasteiger charge is 2.36. The van der Waals surface area contributed by atoms with E-state index in [0.29, 0.717) is 6.04 Å². The van der Waals surface area contributed by atoms with Crippen molar-refractivity contribution in [2.24, 2.45) is 0 Å². The van der Waals surface area contributed by atoms with Gasteiger partial charge < -0.3 is 4.74 Å². The summed E-state index contributed by atoms with van der Waals surface area (Å²) in [4.78, 5) is 2.69. The number of H-pyrrole nitrogens is 1. The zero-order valence-electron chi connectivity index (χ0n) is 22.6. The smallest absolute Gasteiger partial charge is 0.0644 e. The monoisotopic (exact) mass is 473 g/mol. The molecule has 2 atom stereocenters. The second kappa shape index (κ2) is 11.5. The maximum Gasteiger partial charge on any atom is 0.0644 e. The second-order valence-corrected chi connectivity index (χ2v) is 9.95. The number of aromatic amines is 1. The first-order chi connectivity index (χ1) is 17.0. The van der Waals surface area contributed by atoms with Crippen LogP contribution in [0.1, 0.15) is 90.2 Å². The van der Waals surface area contributed by atoms with E-state index in [2.05, 4.69) is 87.1 Å². The van der Waals surface area contributed by atoms with E-state index in [1.807, 2.05) is 6.20 Å². The molecule has 0 saturated heterocycles. The highest BCUT2D eigenvalue weighted by molar-refractivity contribution is 5.54. The molecule has 3 aromatic rings. The van der Waals surface area contributed by atoms with Crippen LogP contribution in [0.2, 0.25) is 0 Å². The van der Waals surface area contributed by atoms with Crippen LogP contribution in [0, 0.1) is 13.8 Å². The molecule has 1 aromatic heterocycles. The third-order valence-electron chi connectivity index (χ3n) is 8.00. The minimum atomic E-state index is 0.138. The molecule has 188 valence electrons. The lowest BCUT2D eigenvalue weighted by Crippen LogP contribution is -2.46. The van der Waals surface area contributed by atoms with Gasteiger partial charge in [0.1, 0.15) is 0 Å². The van der Waals surface area contributed by atoms with Crippen molar-refractivity contribution in [1.29, 1.82) is 0 Å². The topological polar surface area (TPSA) is 41.2 Å². The summed E-state index contributed by atoms with van der Waals surface area (Å²) in [6.07, 6.45) is 9.63. The van der Waals surface area contributed by atoms with E-state index in [1.54, 1.807) is 16.7 Å². The molecule has 1 N–H and O–H groups in total. The van der Waals surface area contributed by atoms with Gasteiger partial charge in [-0.2, -0.15) is 5.10 Å². The van der Waals surface area contributed by atoms with Crippen molar-refractivity contribution in [3.05, 3.63) is 86.7 Å². The summed E-state index contributed by atoms with van der Waals surface area (Å²) in [7, 11) is 0. The van der Waals surface area contributed by atoms with E-state index in [0.717, 1.165) is 45.4 Å². The standard InChI is InChI=1S/C31H43N3O/c1-7-13-29-27(8-2)21(5)30(22(6)28(29)9-3)31(25-17-32-33-18-25)34-19-24-15-12-11-14-23(24)16-26(34)20-35-10-4/h11-12,14-15,17-18,26,31H,7-10,13,16,19-20H2,1-6H3,(H,32,33). The Morgan fingerprint density at radius 2 is 1.69 bits per heavy atom. The lowest BCUT2D eigenvalue weighted by molar-refractivity contribution is 0.0390. The molecule has 0 saturated carbocycles. The Kier molecular flexibility index (Phi) is 8.46. The molecule has 2 unspecified atom stereocenters. The Hall–Kier alpha value is -2.43. The van der Waals surface area contributed by atoms with Crippen LogP contribution in [0.15, 0.2) is 36.7 Å². The summed E-state index contributed by atoms with van der Waals surface area (Å²) >= 11 is 0. The molecule has 2 heterocycles.